The first-order valence-electron chi connectivity index (χ1n) is 7.50. The van der Waals surface area contributed by atoms with Gasteiger partial charge in [0.05, 0.1) is 6.10 Å². The average molecular weight is 290 g/mol. The molecule has 1 aromatic heterocycles. The van der Waals surface area contributed by atoms with Crippen LogP contribution in [0.4, 0.5) is 0 Å². The summed E-state index contributed by atoms with van der Waals surface area (Å²) in [5.41, 5.74) is 1.03. The molecule has 0 bridgehead atoms. The van der Waals surface area contributed by atoms with Crippen molar-refractivity contribution in [1.29, 1.82) is 0 Å². The van der Waals surface area contributed by atoms with Crippen LogP contribution in [-0.2, 0) is 0 Å². The highest BCUT2D eigenvalue weighted by Gasteiger charge is 2.20. The molecule has 2 aromatic rings. The van der Waals surface area contributed by atoms with Gasteiger partial charge in [0, 0.05) is 30.2 Å². The lowest BCUT2D eigenvalue weighted by molar-refractivity contribution is 0.0245. The highest BCUT2D eigenvalue weighted by atomic mass is 16.5. The zero-order valence-corrected chi connectivity index (χ0v) is 12.0. The number of aliphatic hydroxyl groups is 2. The van der Waals surface area contributed by atoms with Gasteiger partial charge in [0.25, 0.3) is 0 Å². The number of nitrogens with one attached hydrogen (secondary N) is 1. The van der Waals surface area contributed by atoms with Crippen LogP contribution in [0.1, 0.15) is 12.8 Å². The number of hydrogen-bond donors (Lipinski definition) is 3. The Morgan fingerprint density at radius 3 is 3.14 bits per heavy atom. The van der Waals surface area contributed by atoms with Gasteiger partial charge in [-0.25, -0.2) is 0 Å². The molecule has 5 heteroatoms. The first kappa shape index (κ1) is 14.4. The maximum absolute atomic E-state index is 10.1. The summed E-state index contributed by atoms with van der Waals surface area (Å²) in [5, 5.41) is 20.8. The zero-order valence-electron chi connectivity index (χ0n) is 12.0. The fourth-order valence-corrected chi connectivity index (χ4v) is 2.92. The topological polar surface area (TPSA) is 68.7 Å². The summed E-state index contributed by atoms with van der Waals surface area (Å²) in [4.78, 5) is 5.24. The maximum Gasteiger partial charge on any atom is 0.128 e. The van der Waals surface area contributed by atoms with Crippen LogP contribution in [0.25, 0.3) is 10.9 Å². The van der Waals surface area contributed by atoms with Crippen molar-refractivity contribution in [3.8, 4) is 5.75 Å². The van der Waals surface area contributed by atoms with Crippen LogP contribution in [0, 0.1) is 0 Å². The molecule has 0 amide bonds. The number of likely N-dealkylation sites (tertiary alicyclic amines) is 1. The number of H-pyrrole nitrogens is 1. The minimum absolute atomic E-state index is 0.261. The largest absolute Gasteiger partial charge is 0.490 e. The summed E-state index contributed by atoms with van der Waals surface area (Å²) in [6.45, 7) is 2.38. The molecule has 3 rings (SSSR count). The molecular weight excluding hydrogens is 268 g/mol. The van der Waals surface area contributed by atoms with E-state index in [0.29, 0.717) is 13.1 Å². The summed E-state index contributed by atoms with van der Waals surface area (Å²) in [6, 6.07) is 7.81. The third-order valence-corrected chi connectivity index (χ3v) is 3.94. The average Bonchev–Trinajstić information content (AvgIpc) is 2.94. The molecule has 1 saturated heterocycles. The van der Waals surface area contributed by atoms with Gasteiger partial charge >= 0.3 is 0 Å². The molecule has 0 radical (unpaired) electrons. The number of rotatable bonds is 5. The highest BCUT2D eigenvalue weighted by Crippen LogP contribution is 2.24. The fourth-order valence-electron chi connectivity index (χ4n) is 2.92. The van der Waals surface area contributed by atoms with Crippen molar-refractivity contribution in [2.45, 2.75) is 25.0 Å². The number of aliphatic hydroxyl groups excluding tert-OH is 2. The van der Waals surface area contributed by atoms with E-state index in [-0.39, 0.29) is 12.7 Å². The van der Waals surface area contributed by atoms with Crippen LogP contribution < -0.4 is 4.74 Å². The van der Waals surface area contributed by atoms with Crippen molar-refractivity contribution in [2.75, 3.05) is 26.2 Å². The van der Waals surface area contributed by atoms with E-state index in [9.17, 15) is 10.2 Å². The highest BCUT2D eigenvalue weighted by molar-refractivity contribution is 5.85. The van der Waals surface area contributed by atoms with Crippen LogP contribution in [0.2, 0.25) is 0 Å². The van der Waals surface area contributed by atoms with Crippen LogP contribution in [0.5, 0.6) is 5.75 Å². The number of ether oxygens (including phenoxy) is 1. The van der Waals surface area contributed by atoms with Crippen LogP contribution in [-0.4, -0.2) is 58.5 Å². The third-order valence-electron chi connectivity index (χ3n) is 3.94. The maximum atomic E-state index is 10.1. The number of fused-ring (bicyclic) bond motifs is 1. The predicted octanol–water partition coefficient (Wildman–Crippen LogP) is 1.36. The van der Waals surface area contributed by atoms with E-state index < -0.39 is 6.10 Å². The standard InChI is InChI=1S/C16H22N2O3/c19-12-3-2-8-18(9-12)10-13(20)11-21-16-5-1-4-15-14(16)6-7-17-15/h1,4-7,12-13,17,19-20H,2-3,8-11H2. The molecule has 3 N–H and O–H groups in total. The first-order chi connectivity index (χ1) is 10.2. The van der Waals surface area contributed by atoms with Gasteiger partial charge in [-0.2, -0.15) is 0 Å². The number of piperidine rings is 1. The van der Waals surface area contributed by atoms with E-state index in [0.717, 1.165) is 36.0 Å². The lowest BCUT2D eigenvalue weighted by atomic mass is 10.1. The molecule has 114 valence electrons. The Morgan fingerprint density at radius 1 is 1.38 bits per heavy atom. The van der Waals surface area contributed by atoms with E-state index in [4.69, 9.17) is 4.74 Å². The van der Waals surface area contributed by atoms with Crippen LogP contribution in [0.3, 0.4) is 0 Å². The van der Waals surface area contributed by atoms with Crippen molar-refractivity contribution < 1.29 is 14.9 Å². The summed E-state index contributed by atoms with van der Waals surface area (Å²) in [6.07, 6.45) is 2.91. The number of nitrogens with zero attached hydrogens (tertiary/aromatic N) is 1. The first-order valence-corrected chi connectivity index (χ1v) is 7.50. The number of β-amino-alcohol motifs (C(OH)–C–C–N with tert-alkyl or cyclic N) is 2. The number of aromatic nitrogens is 1. The number of hydrogen-bond acceptors (Lipinski definition) is 4. The second-order valence-corrected chi connectivity index (χ2v) is 5.72. The van der Waals surface area contributed by atoms with Gasteiger partial charge in [-0.15, -0.1) is 0 Å². The SMILES string of the molecule is OC1CCCN(CC(O)COc2cccc3[nH]ccc23)C1. The molecule has 2 unspecified atom stereocenters. The molecule has 1 aliphatic heterocycles. The second kappa shape index (κ2) is 6.47. The van der Waals surface area contributed by atoms with Gasteiger partial charge in [0.2, 0.25) is 0 Å². The zero-order chi connectivity index (χ0) is 14.7. The Balaban J connectivity index is 1.53. The van der Waals surface area contributed by atoms with Gasteiger partial charge in [-0.3, -0.25) is 4.90 Å². The van der Waals surface area contributed by atoms with Crippen molar-refractivity contribution in [3.63, 3.8) is 0 Å². The van der Waals surface area contributed by atoms with Gasteiger partial charge < -0.3 is 19.9 Å². The third kappa shape index (κ3) is 3.56. The Kier molecular flexibility index (Phi) is 4.43. The van der Waals surface area contributed by atoms with Crippen molar-refractivity contribution in [2.24, 2.45) is 0 Å². The van der Waals surface area contributed by atoms with E-state index in [1.54, 1.807) is 0 Å². The molecule has 1 aliphatic rings. The fraction of sp³-hybridized carbons (Fsp3) is 0.500. The van der Waals surface area contributed by atoms with E-state index in [1.807, 2.05) is 30.5 Å². The van der Waals surface area contributed by atoms with Crippen LogP contribution in [0.15, 0.2) is 30.5 Å². The smallest absolute Gasteiger partial charge is 0.128 e. The molecule has 5 nitrogen and oxygen atoms in total. The van der Waals surface area contributed by atoms with Crippen molar-refractivity contribution in [3.05, 3.63) is 30.5 Å². The number of benzene rings is 1. The van der Waals surface area contributed by atoms with Crippen molar-refractivity contribution in [1.82, 2.24) is 9.88 Å². The molecule has 2 heterocycles. The monoisotopic (exact) mass is 290 g/mol. The van der Waals surface area contributed by atoms with Gasteiger partial charge in [0.1, 0.15) is 18.5 Å². The summed E-state index contributed by atoms with van der Waals surface area (Å²) in [5.74, 6) is 0.784. The lowest BCUT2D eigenvalue weighted by Crippen LogP contribution is -2.43. The Morgan fingerprint density at radius 2 is 2.29 bits per heavy atom. The van der Waals surface area contributed by atoms with Gasteiger partial charge in [-0.05, 0) is 37.6 Å². The quantitative estimate of drug-likeness (QED) is 0.778. The Bertz CT molecular complexity index is 584. The summed E-state index contributed by atoms with van der Waals surface area (Å²) >= 11 is 0. The normalized spacial score (nSPS) is 21.5. The van der Waals surface area contributed by atoms with Crippen LogP contribution >= 0.6 is 0 Å². The summed E-state index contributed by atoms with van der Waals surface area (Å²) in [7, 11) is 0. The number of aromatic amines is 1. The van der Waals surface area contributed by atoms with E-state index >= 15 is 0 Å². The molecule has 2 atom stereocenters. The summed E-state index contributed by atoms with van der Waals surface area (Å²) < 4.78 is 5.75. The second-order valence-electron chi connectivity index (χ2n) is 5.72. The Labute approximate surface area is 124 Å². The minimum Gasteiger partial charge on any atom is -0.490 e. The minimum atomic E-state index is -0.551. The molecular formula is C16H22N2O3. The molecule has 0 spiro atoms. The predicted molar refractivity (Wildman–Crippen MR) is 81.5 cm³/mol. The Hall–Kier alpha value is -1.56. The van der Waals surface area contributed by atoms with E-state index in [2.05, 4.69) is 9.88 Å². The molecule has 0 saturated carbocycles. The molecule has 0 aliphatic carbocycles. The van der Waals surface area contributed by atoms with Crippen molar-refractivity contribution >= 4 is 10.9 Å². The van der Waals surface area contributed by atoms with Gasteiger partial charge in [0.15, 0.2) is 0 Å². The molecule has 1 aromatic carbocycles. The molecule has 21 heavy (non-hydrogen) atoms. The van der Waals surface area contributed by atoms with Gasteiger partial charge in [-0.1, -0.05) is 6.07 Å². The lowest BCUT2D eigenvalue weighted by Gasteiger charge is -2.31. The van der Waals surface area contributed by atoms with E-state index in [1.165, 1.54) is 0 Å². The molecule has 1 fully saturated rings.